The Morgan fingerprint density at radius 3 is 2.83 bits per heavy atom. The molecule has 2 atom stereocenters. The van der Waals surface area contributed by atoms with Crippen molar-refractivity contribution >= 4 is 22.8 Å². The van der Waals surface area contributed by atoms with Crippen LogP contribution in [0.25, 0.3) is 11.0 Å². The zero-order valence-electron chi connectivity index (χ0n) is 17.4. The highest BCUT2D eigenvalue weighted by molar-refractivity contribution is 5.90. The van der Waals surface area contributed by atoms with Gasteiger partial charge in [0.25, 0.3) is 5.91 Å². The maximum absolute atomic E-state index is 12.9. The SMILES string of the molecule is Cc1c(OCC(=O)N2C[C@@H]3CCCN3C(=O)[C@H]2C)ccc2c3c(c(=O)oc12)CCC3. The summed E-state index contributed by atoms with van der Waals surface area (Å²) >= 11 is 0. The average Bonchev–Trinajstić information content (AvgIpc) is 3.40. The molecule has 158 valence electrons. The molecule has 0 unspecified atom stereocenters. The first-order valence-corrected chi connectivity index (χ1v) is 10.8. The van der Waals surface area contributed by atoms with Crippen LogP contribution in [0.1, 0.15) is 42.9 Å². The van der Waals surface area contributed by atoms with Crippen LogP contribution < -0.4 is 10.4 Å². The highest BCUT2D eigenvalue weighted by Gasteiger charge is 2.42. The van der Waals surface area contributed by atoms with E-state index in [0.717, 1.165) is 60.7 Å². The van der Waals surface area contributed by atoms with Crippen LogP contribution in [-0.2, 0) is 22.4 Å². The first kappa shape index (κ1) is 19.2. The molecule has 0 bridgehead atoms. The summed E-state index contributed by atoms with van der Waals surface area (Å²) in [5.41, 5.74) is 2.85. The molecule has 1 aromatic heterocycles. The van der Waals surface area contributed by atoms with Crippen LogP contribution in [0, 0.1) is 6.92 Å². The Morgan fingerprint density at radius 1 is 1.20 bits per heavy atom. The molecule has 3 heterocycles. The highest BCUT2D eigenvalue weighted by Crippen LogP contribution is 2.33. The second-order valence-corrected chi connectivity index (χ2v) is 8.60. The summed E-state index contributed by atoms with van der Waals surface area (Å²) in [6.07, 6.45) is 4.55. The van der Waals surface area contributed by atoms with Gasteiger partial charge in [-0.25, -0.2) is 4.79 Å². The van der Waals surface area contributed by atoms with Crippen LogP contribution >= 0.6 is 0 Å². The Hall–Kier alpha value is -2.83. The molecule has 0 saturated carbocycles. The number of ether oxygens (including phenoxy) is 1. The van der Waals surface area contributed by atoms with Crippen LogP contribution in [0.2, 0.25) is 0 Å². The van der Waals surface area contributed by atoms with Gasteiger partial charge in [0.15, 0.2) is 6.61 Å². The largest absolute Gasteiger partial charge is 0.483 e. The fourth-order valence-corrected chi connectivity index (χ4v) is 5.23. The van der Waals surface area contributed by atoms with Crippen LogP contribution in [0.3, 0.4) is 0 Å². The molecule has 30 heavy (non-hydrogen) atoms. The standard InChI is InChI=1S/C23H26N2O5/c1-13-19(9-8-17-16-6-3-7-18(16)23(28)30-21(13)17)29-12-20(26)25-11-15-5-4-10-24(15)22(27)14(25)2/h8-9,14-15H,3-7,10-12H2,1-2H3/t14-,15+/m1/s1. The van der Waals surface area contributed by atoms with E-state index in [9.17, 15) is 14.4 Å². The normalized spacial score (nSPS) is 23.1. The molecule has 0 radical (unpaired) electrons. The Bertz CT molecular complexity index is 1100. The summed E-state index contributed by atoms with van der Waals surface area (Å²) in [6.45, 7) is 4.83. The smallest absolute Gasteiger partial charge is 0.339 e. The Kier molecular flexibility index (Phi) is 4.56. The fraction of sp³-hybridized carbons (Fsp3) is 0.522. The monoisotopic (exact) mass is 410 g/mol. The maximum Gasteiger partial charge on any atom is 0.339 e. The summed E-state index contributed by atoms with van der Waals surface area (Å²) in [4.78, 5) is 41.3. The lowest BCUT2D eigenvalue weighted by atomic mass is 10.0. The van der Waals surface area contributed by atoms with E-state index in [0.29, 0.717) is 17.9 Å². The number of hydrogen-bond donors (Lipinski definition) is 0. The number of fused-ring (bicyclic) bond motifs is 4. The zero-order chi connectivity index (χ0) is 21.0. The molecule has 3 aliphatic rings. The van der Waals surface area contributed by atoms with Gasteiger partial charge in [0.1, 0.15) is 17.4 Å². The van der Waals surface area contributed by atoms with Gasteiger partial charge >= 0.3 is 5.63 Å². The third-order valence-electron chi connectivity index (χ3n) is 6.90. The predicted molar refractivity (Wildman–Crippen MR) is 111 cm³/mol. The first-order chi connectivity index (χ1) is 14.5. The number of benzene rings is 1. The Labute approximate surface area is 174 Å². The van der Waals surface area contributed by atoms with Crippen molar-refractivity contribution in [2.75, 3.05) is 19.7 Å². The van der Waals surface area contributed by atoms with E-state index in [-0.39, 0.29) is 30.1 Å². The van der Waals surface area contributed by atoms with E-state index in [2.05, 4.69) is 0 Å². The van der Waals surface area contributed by atoms with Gasteiger partial charge in [0, 0.05) is 35.6 Å². The Morgan fingerprint density at radius 2 is 2.00 bits per heavy atom. The van der Waals surface area contributed by atoms with Gasteiger partial charge in [0.05, 0.1) is 0 Å². The van der Waals surface area contributed by atoms with E-state index < -0.39 is 6.04 Å². The van der Waals surface area contributed by atoms with Gasteiger partial charge in [-0.2, -0.15) is 0 Å². The van der Waals surface area contributed by atoms with E-state index in [4.69, 9.17) is 9.15 Å². The molecule has 7 heteroatoms. The summed E-state index contributed by atoms with van der Waals surface area (Å²) in [7, 11) is 0. The minimum atomic E-state index is -0.464. The van der Waals surface area contributed by atoms with E-state index in [1.165, 1.54) is 0 Å². The van der Waals surface area contributed by atoms with Gasteiger partial charge in [-0.15, -0.1) is 0 Å². The fourth-order valence-electron chi connectivity index (χ4n) is 5.23. The zero-order valence-corrected chi connectivity index (χ0v) is 17.4. The number of carbonyl (C=O) groups is 2. The first-order valence-electron chi connectivity index (χ1n) is 10.8. The van der Waals surface area contributed by atoms with Crippen molar-refractivity contribution < 1.29 is 18.7 Å². The second kappa shape index (κ2) is 7.15. The molecule has 7 nitrogen and oxygen atoms in total. The van der Waals surface area contributed by atoms with Crippen LogP contribution in [0.15, 0.2) is 21.3 Å². The lowest BCUT2D eigenvalue weighted by molar-refractivity contribution is -0.153. The molecule has 2 fully saturated rings. The lowest BCUT2D eigenvalue weighted by Gasteiger charge is -2.41. The highest BCUT2D eigenvalue weighted by atomic mass is 16.5. The quantitative estimate of drug-likeness (QED) is 0.725. The lowest BCUT2D eigenvalue weighted by Crippen LogP contribution is -2.60. The van der Waals surface area contributed by atoms with Crippen molar-refractivity contribution in [3.05, 3.63) is 39.2 Å². The molecule has 0 N–H and O–H groups in total. The number of nitrogens with zero attached hydrogens (tertiary/aromatic N) is 2. The van der Waals surface area contributed by atoms with Crippen molar-refractivity contribution in [2.45, 2.75) is 58.0 Å². The number of hydrogen-bond acceptors (Lipinski definition) is 5. The van der Waals surface area contributed by atoms with Crippen molar-refractivity contribution in [3.8, 4) is 5.75 Å². The van der Waals surface area contributed by atoms with Crippen LogP contribution in [0.4, 0.5) is 0 Å². The summed E-state index contributed by atoms with van der Waals surface area (Å²) in [6, 6.07) is 3.41. The number of rotatable bonds is 3. The van der Waals surface area contributed by atoms with Crippen molar-refractivity contribution in [2.24, 2.45) is 0 Å². The third kappa shape index (κ3) is 2.90. The second-order valence-electron chi connectivity index (χ2n) is 8.60. The molecule has 0 spiro atoms. The number of aryl methyl sites for hydroxylation is 2. The van der Waals surface area contributed by atoms with Gasteiger partial charge in [-0.3, -0.25) is 9.59 Å². The van der Waals surface area contributed by atoms with Gasteiger partial charge in [-0.1, -0.05) is 0 Å². The maximum atomic E-state index is 12.9. The van der Waals surface area contributed by atoms with E-state index in [1.807, 2.05) is 24.0 Å². The van der Waals surface area contributed by atoms with Gasteiger partial charge in [-0.05, 0) is 63.6 Å². The molecule has 2 amide bonds. The van der Waals surface area contributed by atoms with E-state index >= 15 is 0 Å². The molecular weight excluding hydrogens is 384 g/mol. The molecular formula is C23H26N2O5. The van der Waals surface area contributed by atoms with Gasteiger partial charge < -0.3 is 19.0 Å². The van der Waals surface area contributed by atoms with Gasteiger partial charge in [0.2, 0.25) is 5.91 Å². The molecule has 5 rings (SSSR count). The summed E-state index contributed by atoms with van der Waals surface area (Å²) in [5.74, 6) is 0.349. The van der Waals surface area contributed by atoms with Crippen LogP contribution in [-0.4, -0.2) is 53.4 Å². The number of amides is 2. The Balaban J connectivity index is 1.36. The predicted octanol–water partition coefficient (Wildman–Crippen LogP) is 2.19. The van der Waals surface area contributed by atoms with Crippen molar-refractivity contribution in [1.82, 2.24) is 9.80 Å². The average molecular weight is 410 g/mol. The van der Waals surface area contributed by atoms with E-state index in [1.54, 1.807) is 11.8 Å². The minimum Gasteiger partial charge on any atom is -0.483 e. The molecule has 1 aromatic carbocycles. The minimum absolute atomic E-state index is 0.0228. The summed E-state index contributed by atoms with van der Waals surface area (Å²) in [5, 5.41) is 0.954. The van der Waals surface area contributed by atoms with Crippen molar-refractivity contribution in [3.63, 3.8) is 0 Å². The van der Waals surface area contributed by atoms with Crippen molar-refractivity contribution in [1.29, 1.82) is 0 Å². The number of carbonyl (C=O) groups excluding carboxylic acids is 2. The third-order valence-corrected chi connectivity index (χ3v) is 6.90. The molecule has 1 aliphatic carbocycles. The summed E-state index contributed by atoms with van der Waals surface area (Å²) < 4.78 is 11.4. The topological polar surface area (TPSA) is 80.1 Å². The molecule has 2 aromatic rings. The number of piperazine rings is 1. The van der Waals surface area contributed by atoms with Crippen LogP contribution in [0.5, 0.6) is 5.75 Å². The molecule has 2 aliphatic heterocycles. The molecule has 2 saturated heterocycles.